The lowest BCUT2D eigenvalue weighted by Gasteiger charge is -2.12. The summed E-state index contributed by atoms with van der Waals surface area (Å²) in [6, 6.07) is 20.7. The van der Waals surface area contributed by atoms with Crippen molar-refractivity contribution in [3.8, 4) is 11.1 Å². The molecule has 20 heavy (non-hydrogen) atoms. The van der Waals surface area contributed by atoms with Crippen molar-refractivity contribution < 1.29 is 4.79 Å². The largest absolute Gasteiger partial charge is 0.328 e. The molecule has 0 heterocycles. The number of rotatable bonds is 3. The first kappa shape index (κ1) is 12.4. The van der Waals surface area contributed by atoms with Gasteiger partial charge < -0.3 is 5.32 Å². The van der Waals surface area contributed by atoms with Crippen LogP contribution in [0.4, 0.5) is 5.69 Å². The van der Waals surface area contributed by atoms with Crippen molar-refractivity contribution >= 4 is 22.9 Å². The Kier molecular flexibility index (Phi) is 3.21. The maximum Gasteiger partial charge on any atom is 0.211 e. The predicted octanol–water partition coefficient (Wildman–Crippen LogP) is 4.38. The van der Waals surface area contributed by atoms with Gasteiger partial charge >= 0.3 is 0 Å². The van der Waals surface area contributed by atoms with Gasteiger partial charge in [-0.1, -0.05) is 54.6 Å². The molecular formula is C18H15NO. The Bertz CT molecular complexity index is 777. The number of anilines is 1. The van der Waals surface area contributed by atoms with Crippen LogP contribution in [0, 0.1) is 6.92 Å². The molecule has 0 aromatic heterocycles. The molecule has 0 radical (unpaired) electrons. The number of nitrogens with one attached hydrogen (secondary N) is 1. The lowest BCUT2D eigenvalue weighted by Crippen LogP contribution is -1.98. The van der Waals surface area contributed by atoms with Gasteiger partial charge in [0.1, 0.15) is 0 Å². The number of hydrogen-bond acceptors (Lipinski definition) is 1. The topological polar surface area (TPSA) is 29.1 Å². The predicted molar refractivity (Wildman–Crippen MR) is 83.8 cm³/mol. The fourth-order valence-electron chi connectivity index (χ4n) is 2.52. The molecule has 1 amide bonds. The van der Waals surface area contributed by atoms with E-state index in [1.807, 2.05) is 37.3 Å². The van der Waals surface area contributed by atoms with Crippen LogP contribution in [0.25, 0.3) is 21.9 Å². The summed E-state index contributed by atoms with van der Waals surface area (Å²) in [6.45, 7) is 2.00. The van der Waals surface area contributed by atoms with E-state index < -0.39 is 0 Å². The van der Waals surface area contributed by atoms with Crippen molar-refractivity contribution in [1.82, 2.24) is 0 Å². The molecule has 1 N–H and O–H groups in total. The molecule has 0 aliphatic carbocycles. The minimum atomic E-state index is 0.729. The normalized spacial score (nSPS) is 10.4. The van der Waals surface area contributed by atoms with Gasteiger partial charge in [0.15, 0.2) is 0 Å². The number of aryl methyl sites for hydroxylation is 1. The molecule has 0 aliphatic rings. The van der Waals surface area contributed by atoms with Crippen LogP contribution in [-0.4, -0.2) is 6.41 Å². The maximum atomic E-state index is 10.8. The van der Waals surface area contributed by atoms with E-state index in [4.69, 9.17) is 0 Å². The van der Waals surface area contributed by atoms with Gasteiger partial charge in [0.25, 0.3) is 0 Å². The first-order chi connectivity index (χ1) is 9.79. The Morgan fingerprint density at radius 1 is 0.900 bits per heavy atom. The van der Waals surface area contributed by atoms with E-state index >= 15 is 0 Å². The van der Waals surface area contributed by atoms with E-state index in [0.29, 0.717) is 0 Å². The van der Waals surface area contributed by atoms with Gasteiger partial charge in [-0.05, 0) is 34.9 Å². The summed E-state index contributed by atoms with van der Waals surface area (Å²) < 4.78 is 0. The van der Waals surface area contributed by atoms with E-state index in [2.05, 4.69) is 35.6 Å². The van der Waals surface area contributed by atoms with Gasteiger partial charge in [-0.2, -0.15) is 0 Å². The van der Waals surface area contributed by atoms with Gasteiger partial charge in [0, 0.05) is 5.56 Å². The Labute approximate surface area is 118 Å². The number of hydrogen-bond donors (Lipinski definition) is 1. The summed E-state index contributed by atoms with van der Waals surface area (Å²) in [5.41, 5.74) is 4.08. The van der Waals surface area contributed by atoms with E-state index in [1.54, 1.807) is 0 Å². The minimum Gasteiger partial charge on any atom is -0.328 e. The van der Waals surface area contributed by atoms with Gasteiger partial charge in [0.2, 0.25) is 6.41 Å². The zero-order chi connectivity index (χ0) is 13.9. The summed E-state index contributed by atoms with van der Waals surface area (Å²) in [6.07, 6.45) is 0.729. The molecule has 0 spiro atoms. The molecule has 0 saturated carbocycles. The number of para-hydroxylation sites is 1. The monoisotopic (exact) mass is 261 g/mol. The second-order valence-electron chi connectivity index (χ2n) is 4.82. The SMILES string of the molecule is Cc1cccc(-c2ccc3ccccc3c2)c1NC=O. The molecule has 0 atom stereocenters. The second kappa shape index (κ2) is 5.17. The summed E-state index contributed by atoms with van der Waals surface area (Å²) in [7, 11) is 0. The Morgan fingerprint density at radius 3 is 2.50 bits per heavy atom. The molecule has 0 fully saturated rings. The Morgan fingerprint density at radius 2 is 1.70 bits per heavy atom. The first-order valence-electron chi connectivity index (χ1n) is 6.58. The number of carbonyl (C=O) groups is 1. The Balaban J connectivity index is 2.20. The van der Waals surface area contributed by atoms with Crippen LogP contribution in [0.2, 0.25) is 0 Å². The maximum absolute atomic E-state index is 10.8. The molecular weight excluding hydrogens is 246 g/mol. The summed E-state index contributed by atoms with van der Waals surface area (Å²) >= 11 is 0. The Hall–Kier alpha value is -2.61. The highest BCUT2D eigenvalue weighted by atomic mass is 16.1. The van der Waals surface area contributed by atoms with Crippen molar-refractivity contribution in [1.29, 1.82) is 0 Å². The van der Waals surface area contributed by atoms with Gasteiger partial charge in [-0.3, -0.25) is 4.79 Å². The summed E-state index contributed by atoms with van der Waals surface area (Å²) in [5, 5.41) is 5.22. The fraction of sp³-hybridized carbons (Fsp3) is 0.0556. The molecule has 0 bridgehead atoms. The lowest BCUT2D eigenvalue weighted by molar-refractivity contribution is -0.105. The van der Waals surface area contributed by atoms with Crippen LogP contribution in [-0.2, 0) is 4.79 Å². The van der Waals surface area contributed by atoms with Crippen molar-refractivity contribution in [2.45, 2.75) is 6.92 Å². The van der Waals surface area contributed by atoms with Crippen LogP contribution >= 0.6 is 0 Å². The number of amides is 1. The van der Waals surface area contributed by atoms with E-state index in [0.717, 1.165) is 28.8 Å². The van der Waals surface area contributed by atoms with Crippen molar-refractivity contribution in [3.63, 3.8) is 0 Å². The lowest BCUT2D eigenvalue weighted by atomic mass is 9.98. The number of carbonyl (C=O) groups excluding carboxylic acids is 1. The average Bonchev–Trinajstić information content (AvgIpc) is 2.49. The molecule has 98 valence electrons. The zero-order valence-electron chi connectivity index (χ0n) is 11.3. The highest BCUT2D eigenvalue weighted by Gasteiger charge is 2.07. The summed E-state index contributed by atoms with van der Waals surface area (Å²) in [4.78, 5) is 10.8. The molecule has 2 nitrogen and oxygen atoms in total. The third-order valence-corrected chi connectivity index (χ3v) is 3.54. The molecule has 3 aromatic rings. The number of fused-ring (bicyclic) bond motifs is 1. The molecule has 0 saturated heterocycles. The third kappa shape index (κ3) is 2.16. The van der Waals surface area contributed by atoms with E-state index in [-0.39, 0.29) is 0 Å². The van der Waals surface area contributed by atoms with Crippen LogP contribution in [0.3, 0.4) is 0 Å². The molecule has 0 aliphatic heterocycles. The molecule has 0 unspecified atom stereocenters. The zero-order valence-corrected chi connectivity index (χ0v) is 11.3. The molecule has 3 rings (SSSR count). The summed E-state index contributed by atoms with van der Waals surface area (Å²) in [5.74, 6) is 0. The third-order valence-electron chi connectivity index (χ3n) is 3.54. The van der Waals surface area contributed by atoms with Crippen LogP contribution < -0.4 is 5.32 Å². The highest BCUT2D eigenvalue weighted by molar-refractivity contribution is 5.92. The molecule has 3 aromatic carbocycles. The van der Waals surface area contributed by atoms with Gasteiger partial charge in [0.05, 0.1) is 5.69 Å². The van der Waals surface area contributed by atoms with E-state index in [1.165, 1.54) is 10.8 Å². The quantitative estimate of drug-likeness (QED) is 0.696. The van der Waals surface area contributed by atoms with Crippen LogP contribution in [0.15, 0.2) is 60.7 Å². The average molecular weight is 261 g/mol. The van der Waals surface area contributed by atoms with Crippen LogP contribution in [0.5, 0.6) is 0 Å². The van der Waals surface area contributed by atoms with Crippen molar-refractivity contribution in [3.05, 3.63) is 66.2 Å². The van der Waals surface area contributed by atoms with E-state index in [9.17, 15) is 4.79 Å². The fourth-order valence-corrected chi connectivity index (χ4v) is 2.52. The van der Waals surface area contributed by atoms with Gasteiger partial charge in [-0.25, -0.2) is 0 Å². The minimum absolute atomic E-state index is 0.729. The van der Waals surface area contributed by atoms with Crippen molar-refractivity contribution in [2.24, 2.45) is 0 Å². The number of benzene rings is 3. The van der Waals surface area contributed by atoms with Crippen LogP contribution in [0.1, 0.15) is 5.56 Å². The first-order valence-corrected chi connectivity index (χ1v) is 6.58. The smallest absolute Gasteiger partial charge is 0.211 e. The second-order valence-corrected chi connectivity index (χ2v) is 4.82. The van der Waals surface area contributed by atoms with Crippen molar-refractivity contribution in [2.75, 3.05) is 5.32 Å². The highest BCUT2D eigenvalue weighted by Crippen LogP contribution is 2.32. The molecule has 2 heteroatoms. The standard InChI is InChI=1S/C18H15NO/c1-13-5-4-8-17(18(13)19-12-20)16-10-9-14-6-2-3-7-15(14)11-16/h2-12H,1H3,(H,19,20). The van der Waals surface area contributed by atoms with Gasteiger partial charge in [-0.15, -0.1) is 0 Å².